The van der Waals surface area contributed by atoms with Gasteiger partial charge >= 0.3 is 6.16 Å². The van der Waals surface area contributed by atoms with Crippen LogP contribution in [-0.2, 0) is 4.74 Å². The van der Waals surface area contributed by atoms with E-state index in [2.05, 4.69) is 28.0 Å². The topological polar surface area (TPSA) is 93.7 Å². The average molecular weight is 402 g/mol. The summed E-state index contributed by atoms with van der Waals surface area (Å²) in [7, 11) is 0. The smallest absolute Gasteiger partial charge is 0.434 e. The van der Waals surface area contributed by atoms with Crippen LogP contribution in [0.3, 0.4) is 0 Å². The van der Waals surface area contributed by atoms with Crippen molar-refractivity contribution in [2.45, 2.75) is 18.2 Å². The van der Waals surface area contributed by atoms with Crippen LogP contribution in [0, 0.1) is 0 Å². The second kappa shape index (κ2) is 11.0. The lowest BCUT2D eigenvalue weighted by molar-refractivity contribution is 0.0948. The maximum absolute atomic E-state index is 12.1. The maximum atomic E-state index is 12.1. The molecule has 0 aliphatic rings. The minimum atomic E-state index is -0.790. The highest BCUT2D eigenvalue weighted by molar-refractivity contribution is 7.80. The standard InChI is InChI=1S/C20H22N2O5S/c1-2-26-20(25)27-15-10-8-14(9-11-15)18(23)21-12-5-13-22-19(24)16-6-3-4-7-17(16)28/h3-4,6-11,28H,2,5,12-13H2,1H3,(H,21,23)(H,22,24). The summed E-state index contributed by atoms with van der Waals surface area (Å²) in [4.78, 5) is 36.0. The second-order valence-electron chi connectivity index (χ2n) is 5.69. The van der Waals surface area contributed by atoms with Crippen LogP contribution in [0.25, 0.3) is 0 Å². The first-order chi connectivity index (χ1) is 13.5. The Labute approximate surface area is 168 Å². The SMILES string of the molecule is CCOC(=O)Oc1ccc(C(=O)NCCCNC(=O)c2ccccc2S)cc1. The predicted molar refractivity (Wildman–Crippen MR) is 107 cm³/mol. The zero-order valence-electron chi connectivity index (χ0n) is 15.4. The zero-order valence-corrected chi connectivity index (χ0v) is 16.3. The number of hydrogen-bond donors (Lipinski definition) is 3. The molecular weight excluding hydrogens is 380 g/mol. The van der Waals surface area contributed by atoms with Crippen LogP contribution in [0.4, 0.5) is 4.79 Å². The molecule has 2 amide bonds. The van der Waals surface area contributed by atoms with E-state index in [-0.39, 0.29) is 18.4 Å². The number of nitrogens with one attached hydrogen (secondary N) is 2. The summed E-state index contributed by atoms with van der Waals surface area (Å²) in [6.07, 6.45) is -0.210. The summed E-state index contributed by atoms with van der Waals surface area (Å²) in [5.41, 5.74) is 0.948. The lowest BCUT2D eigenvalue weighted by atomic mass is 10.2. The average Bonchev–Trinajstić information content (AvgIpc) is 2.68. The molecule has 0 saturated heterocycles. The molecule has 8 heteroatoms. The van der Waals surface area contributed by atoms with Gasteiger partial charge in [-0.15, -0.1) is 12.6 Å². The first kappa shape index (κ1) is 21.3. The fraction of sp³-hybridized carbons (Fsp3) is 0.250. The fourth-order valence-electron chi connectivity index (χ4n) is 2.27. The summed E-state index contributed by atoms with van der Waals surface area (Å²) >= 11 is 4.25. The monoisotopic (exact) mass is 402 g/mol. The van der Waals surface area contributed by atoms with E-state index >= 15 is 0 Å². The van der Waals surface area contributed by atoms with Gasteiger partial charge in [-0.05, 0) is 49.7 Å². The van der Waals surface area contributed by atoms with Gasteiger partial charge in [-0.1, -0.05) is 12.1 Å². The number of rotatable bonds is 8. The Kier molecular flexibility index (Phi) is 8.36. The van der Waals surface area contributed by atoms with Gasteiger partial charge in [-0.3, -0.25) is 9.59 Å². The van der Waals surface area contributed by atoms with Gasteiger partial charge in [0, 0.05) is 23.5 Å². The Morgan fingerprint density at radius 3 is 2.21 bits per heavy atom. The Morgan fingerprint density at radius 2 is 1.57 bits per heavy atom. The molecule has 2 N–H and O–H groups in total. The highest BCUT2D eigenvalue weighted by atomic mass is 32.1. The quantitative estimate of drug-likeness (QED) is 0.273. The molecule has 0 saturated carbocycles. The highest BCUT2D eigenvalue weighted by Gasteiger charge is 2.09. The number of ether oxygens (including phenoxy) is 2. The molecule has 0 aliphatic carbocycles. The maximum Gasteiger partial charge on any atom is 0.513 e. The molecular formula is C20H22N2O5S. The van der Waals surface area contributed by atoms with Gasteiger partial charge in [0.2, 0.25) is 0 Å². The minimum Gasteiger partial charge on any atom is -0.434 e. The van der Waals surface area contributed by atoms with E-state index in [1.165, 1.54) is 12.1 Å². The van der Waals surface area contributed by atoms with Crippen molar-refractivity contribution in [2.75, 3.05) is 19.7 Å². The molecule has 0 aromatic heterocycles. The molecule has 0 heterocycles. The molecule has 0 spiro atoms. The van der Waals surface area contributed by atoms with E-state index in [1.807, 2.05) is 6.07 Å². The van der Waals surface area contributed by atoms with E-state index in [9.17, 15) is 14.4 Å². The lowest BCUT2D eigenvalue weighted by Crippen LogP contribution is -2.30. The van der Waals surface area contributed by atoms with Crippen LogP contribution in [0.2, 0.25) is 0 Å². The largest absolute Gasteiger partial charge is 0.513 e. The van der Waals surface area contributed by atoms with E-state index in [0.29, 0.717) is 41.3 Å². The van der Waals surface area contributed by atoms with Crippen LogP contribution >= 0.6 is 12.6 Å². The van der Waals surface area contributed by atoms with Crippen molar-refractivity contribution >= 4 is 30.6 Å². The van der Waals surface area contributed by atoms with E-state index in [4.69, 9.17) is 4.74 Å². The molecule has 0 radical (unpaired) electrons. The second-order valence-corrected chi connectivity index (χ2v) is 6.17. The van der Waals surface area contributed by atoms with Gasteiger partial charge < -0.3 is 20.1 Å². The Morgan fingerprint density at radius 1 is 0.929 bits per heavy atom. The van der Waals surface area contributed by atoms with E-state index in [1.54, 1.807) is 37.3 Å². The van der Waals surface area contributed by atoms with Gasteiger partial charge in [0.25, 0.3) is 11.8 Å². The lowest BCUT2D eigenvalue weighted by Gasteiger charge is -2.08. The number of thiol groups is 1. The first-order valence-corrected chi connectivity index (χ1v) is 9.25. The minimum absolute atomic E-state index is 0.200. The summed E-state index contributed by atoms with van der Waals surface area (Å²) in [5, 5.41) is 5.56. The Bertz CT molecular complexity index is 824. The van der Waals surface area contributed by atoms with Crippen molar-refractivity contribution in [1.29, 1.82) is 0 Å². The number of hydrogen-bond acceptors (Lipinski definition) is 6. The van der Waals surface area contributed by atoms with Crippen molar-refractivity contribution in [3.8, 4) is 5.75 Å². The van der Waals surface area contributed by atoms with Crippen molar-refractivity contribution in [3.05, 3.63) is 59.7 Å². The molecule has 0 bridgehead atoms. The number of benzene rings is 2. The fourth-order valence-corrected chi connectivity index (χ4v) is 2.54. The summed E-state index contributed by atoms with van der Waals surface area (Å²) < 4.78 is 9.61. The predicted octanol–water partition coefficient (Wildman–Crippen LogP) is 3.06. The normalized spacial score (nSPS) is 10.1. The van der Waals surface area contributed by atoms with Crippen LogP contribution in [0.15, 0.2) is 53.4 Å². The molecule has 0 fully saturated rings. The van der Waals surface area contributed by atoms with Crippen LogP contribution < -0.4 is 15.4 Å². The van der Waals surface area contributed by atoms with Gasteiger partial charge in [-0.25, -0.2) is 4.79 Å². The number of carbonyl (C=O) groups excluding carboxylic acids is 3. The van der Waals surface area contributed by atoms with Crippen molar-refractivity contribution < 1.29 is 23.9 Å². The molecule has 2 aromatic rings. The van der Waals surface area contributed by atoms with Gasteiger partial charge in [0.15, 0.2) is 0 Å². The van der Waals surface area contributed by atoms with Crippen molar-refractivity contribution in [2.24, 2.45) is 0 Å². The molecule has 0 aliphatic heterocycles. The zero-order chi connectivity index (χ0) is 20.4. The van der Waals surface area contributed by atoms with Crippen LogP contribution in [-0.4, -0.2) is 37.7 Å². The number of carbonyl (C=O) groups is 3. The van der Waals surface area contributed by atoms with E-state index in [0.717, 1.165) is 0 Å². The van der Waals surface area contributed by atoms with Crippen molar-refractivity contribution in [1.82, 2.24) is 10.6 Å². The third-order valence-corrected chi connectivity index (χ3v) is 4.04. The molecule has 28 heavy (non-hydrogen) atoms. The molecule has 148 valence electrons. The summed E-state index contributed by atoms with van der Waals surface area (Å²) in [5.74, 6) is -0.161. The van der Waals surface area contributed by atoms with Gasteiger partial charge in [0.1, 0.15) is 5.75 Å². The third kappa shape index (κ3) is 6.62. The van der Waals surface area contributed by atoms with Crippen molar-refractivity contribution in [3.63, 3.8) is 0 Å². The Hall–Kier alpha value is -3.00. The number of amides is 2. The van der Waals surface area contributed by atoms with Gasteiger partial charge in [-0.2, -0.15) is 0 Å². The molecule has 2 rings (SSSR count). The van der Waals surface area contributed by atoms with Crippen LogP contribution in [0.1, 0.15) is 34.1 Å². The molecule has 0 unspecified atom stereocenters. The Balaban J connectivity index is 1.70. The molecule has 0 atom stereocenters. The first-order valence-electron chi connectivity index (χ1n) is 8.80. The summed E-state index contributed by atoms with van der Waals surface area (Å²) in [6, 6.07) is 13.2. The highest BCUT2D eigenvalue weighted by Crippen LogP contribution is 2.13. The third-order valence-electron chi connectivity index (χ3n) is 3.65. The molecule has 2 aromatic carbocycles. The molecule has 7 nitrogen and oxygen atoms in total. The van der Waals surface area contributed by atoms with Gasteiger partial charge in [0.05, 0.1) is 12.2 Å². The summed E-state index contributed by atoms with van der Waals surface area (Å²) in [6.45, 7) is 2.73. The van der Waals surface area contributed by atoms with E-state index < -0.39 is 6.16 Å². The van der Waals surface area contributed by atoms with Crippen LogP contribution in [0.5, 0.6) is 5.75 Å².